The number of aromatic nitrogens is 2. The fourth-order valence-corrected chi connectivity index (χ4v) is 2.65. The average molecular weight is 349 g/mol. The highest BCUT2D eigenvalue weighted by Gasteiger charge is 2.47. The molecular weight excluding hydrogens is 332 g/mol. The van der Waals surface area contributed by atoms with Crippen LogP contribution in [0.15, 0.2) is 30.5 Å². The van der Waals surface area contributed by atoms with Gasteiger partial charge in [0.15, 0.2) is 0 Å². The van der Waals surface area contributed by atoms with Crippen LogP contribution in [-0.4, -0.2) is 27.2 Å². The number of ether oxygens (including phenoxy) is 1. The molecule has 8 heteroatoms. The van der Waals surface area contributed by atoms with Crippen LogP contribution in [0.4, 0.5) is 5.69 Å². The molecule has 7 nitrogen and oxygen atoms in total. The molecule has 1 aliphatic rings. The highest BCUT2D eigenvalue weighted by molar-refractivity contribution is 6.31. The normalized spacial score (nSPS) is 19.2. The molecule has 1 aromatic heterocycles. The third-order valence-electron chi connectivity index (χ3n) is 3.90. The molecule has 2 N–H and O–H groups in total. The standard InChI is InChI=1S/C16H17ClN4O3/c1-3-21-11(6-7-19-21)9-18-14(22)16(2)15(23)20-12-8-10(17)4-5-13(12)24-16/h4-8H,3,9H2,1-2H3,(H,18,22)(H,20,23). The fraction of sp³-hybridized carbons (Fsp3) is 0.312. The average Bonchev–Trinajstić information content (AvgIpc) is 3.01. The van der Waals surface area contributed by atoms with Gasteiger partial charge in [-0.3, -0.25) is 14.3 Å². The van der Waals surface area contributed by atoms with Crippen LogP contribution in [0.2, 0.25) is 5.02 Å². The van der Waals surface area contributed by atoms with Gasteiger partial charge in [-0.1, -0.05) is 11.6 Å². The molecule has 0 saturated heterocycles. The van der Waals surface area contributed by atoms with Gasteiger partial charge in [0.1, 0.15) is 5.75 Å². The lowest BCUT2D eigenvalue weighted by Gasteiger charge is -2.33. The van der Waals surface area contributed by atoms with E-state index in [2.05, 4.69) is 15.7 Å². The summed E-state index contributed by atoms with van der Waals surface area (Å²) in [7, 11) is 0. The molecule has 0 fully saturated rings. The molecule has 0 aliphatic carbocycles. The quantitative estimate of drug-likeness (QED) is 0.827. The minimum absolute atomic E-state index is 0.256. The Kier molecular flexibility index (Phi) is 4.19. The van der Waals surface area contributed by atoms with Gasteiger partial charge in [-0.05, 0) is 38.1 Å². The maximum Gasteiger partial charge on any atom is 0.278 e. The lowest BCUT2D eigenvalue weighted by Crippen LogP contribution is -2.58. The second-order valence-electron chi connectivity index (χ2n) is 5.55. The Hall–Kier alpha value is -2.54. The molecule has 24 heavy (non-hydrogen) atoms. The van der Waals surface area contributed by atoms with E-state index in [4.69, 9.17) is 16.3 Å². The smallest absolute Gasteiger partial charge is 0.278 e. The first-order chi connectivity index (χ1) is 11.4. The summed E-state index contributed by atoms with van der Waals surface area (Å²) in [4.78, 5) is 24.9. The van der Waals surface area contributed by atoms with Gasteiger partial charge < -0.3 is 15.4 Å². The molecule has 0 spiro atoms. The van der Waals surface area contributed by atoms with Gasteiger partial charge in [0.05, 0.1) is 17.9 Å². The Bertz CT molecular complexity index is 804. The van der Waals surface area contributed by atoms with E-state index in [-0.39, 0.29) is 6.54 Å². The number of amides is 2. The number of hydrogen-bond acceptors (Lipinski definition) is 4. The second kappa shape index (κ2) is 6.16. The molecule has 2 heterocycles. The number of rotatable bonds is 4. The van der Waals surface area contributed by atoms with Crippen molar-refractivity contribution in [2.45, 2.75) is 32.5 Å². The highest BCUT2D eigenvalue weighted by Crippen LogP contribution is 2.35. The number of benzene rings is 1. The van der Waals surface area contributed by atoms with Crippen molar-refractivity contribution in [1.29, 1.82) is 0 Å². The Balaban J connectivity index is 1.76. The summed E-state index contributed by atoms with van der Waals surface area (Å²) in [6.07, 6.45) is 1.66. The molecule has 126 valence electrons. The second-order valence-corrected chi connectivity index (χ2v) is 5.99. The minimum Gasteiger partial charge on any atom is -0.466 e. The number of nitrogens with one attached hydrogen (secondary N) is 2. The van der Waals surface area contributed by atoms with Crippen molar-refractivity contribution in [3.05, 3.63) is 41.2 Å². The van der Waals surface area contributed by atoms with Crippen molar-refractivity contribution in [3.8, 4) is 5.75 Å². The van der Waals surface area contributed by atoms with E-state index in [0.717, 1.165) is 5.69 Å². The van der Waals surface area contributed by atoms with Crippen LogP contribution in [0.25, 0.3) is 0 Å². The molecule has 0 saturated carbocycles. The number of aryl methyl sites for hydroxylation is 1. The summed E-state index contributed by atoms with van der Waals surface area (Å²) in [5.74, 6) is -0.668. The van der Waals surface area contributed by atoms with Crippen molar-refractivity contribution in [1.82, 2.24) is 15.1 Å². The lowest BCUT2D eigenvalue weighted by atomic mass is 10.0. The van der Waals surface area contributed by atoms with Crippen LogP contribution in [0.5, 0.6) is 5.75 Å². The molecule has 1 atom stereocenters. The SMILES string of the molecule is CCn1nccc1CNC(=O)C1(C)Oc2ccc(Cl)cc2NC1=O. The maximum absolute atomic E-state index is 12.5. The maximum atomic E-state index is 12.5. The third-order valence-corrected chi connectivity index (χ3v) is 4.14. The van der Waals surface area contributed by atoms with Crippen molar-refractivity contribution < 1.29 is 14.3 Å². The molecular formula is C16H17ClN4O3. The zero-order chi connectivity index (χ0) is 17.3. The molecule has 2 aromatic rings. The summed E-state index contributed by atoms with van der Waals surface area (Å²) >= 11 is 5.90. The van der Waals surface area contributed by atoms with E-state index < -0.39 is 17.4 Å². The van der Waals surface area contributed by atoms with E-state index in [1.807, 2.05) is 13.0 Å². The Morgan fingerprint density at radius 2 is 2.25 bits per heavy atom. The minimum atomic E-state index is -1.65. The van der Waals surface area contributed by atoms with Crippen molar-refractivity contribution in [3.63, 3.8) is 0 Å². The van der Waals surface area contributed by atoms with Crippen LogP contribution >= 0.6 is 11.6 Å². The van der Waals surface area contributed by atoms with Crippen molar-refractivity contribution >= 4 is 29.1 Å². The summed E-state index contributed by atoms with van der Waals surface area (Å²) in [6, 6.07) is 6.64. The van der Waals surface area contributed by atoms with E-state index in [9.17, 15) is 9.59 Å². The van der Waals surface area contributed by atoms with Gasteiger partial charge in [0, 0.05) is 17.8 Å². The van der Waals surface area contributed by atoms with Crippen molar-refractivity contribution in [2.24, 2.45) is 0 Å². The number of anilines is 1. The van der Waals surface area contributed by atoms with Gasteiger partial charge >= 0.3 is 0 Å². The van der Waals surface area contributed by atoms with E-state index in [1.165, 1.54) is 6.92 Å². The number of carbonyl (C=O) groups is 2. The highest BCUT2D eigenvalue weighted by atomic mass is 35.5. The first-order valence-electron chi connectivity index (χ1n) is 7.53. The predicted molar refractivity (Wildman–Crippen MR) is 88.9 cm³/mol. The molecule has 0 bridgehead atoms. The van der Waals surface area contributed by atoms with Gasteiger partial charge in [-0.15, -0.1) is 0 Å². The first-order valence-corrected chi connectivity index (χ1v) is 7.91. The van der Waals surface area contributed by atoms with Crippen LogP contribution < -0.4 is 15.4 Å². The van der Waals surface area contributed by atoms with Gasteiger partial charge in [0.25, 0.3) is 17.4 Å². The van der Waals surface area contributed by atoms with Gasteiger partial charge in [0.2, 0.25) is 0 Å². The topological polar surface area (TPSA) is 85.2 Å². The fourth-order valence-electron chi connectivity index (χ4n) is 2.48. The largest absolute Gasteiger partial charge is 0.466 e. The summed E-state index contributed by atoms with van der Waals surface area (Å²) < 4.78 is 7.44. The number of carbonyl (C=O) groups excluding carboxylic acids is 2. The lowest BCUT2D eigenvalue weighted by molar-refractivity contribution is -0.146. The van der Waals surface area contributed by atoms with Crippen LogP contribution in [0.3, 0.4) is 0 Å². The van der Waals surface area contributed by atoms with E-state index in [1.54, 1.807) is 29.1 Å². The van der Waals surface area contributed by atoms with Crippen LogP contribution in [-0.2, 0) is 22.7 Å². The first kappa shape index (κ1) is 16.3. The monoisotopic (exact) mass is 348 g/mol. The molecule has 1 aliphatic heterocycles. The zero-order valence-electron chi connectivity index (χ0n) is 13.3. The van der Waals surface area contributed by atoms with Crippen LogP contribution in [0.1, 0.15) is 19.5 Å². The zero-order valence-corrected chi connectivity index (χ0v) is 14.1. The Morgan fingerprint density at radius 1 is 1.46 bits per heavy atom. The molecule has 0 radical (unpaired) electrons. The summed E-state index contributed by atoms with van der Waals surface area (Å²) in [5.41, 5.74) is -0.363. The van der Waals surface area contributed by atoms with Crippen molar-refractivity contribution in [2.75, 3.05) is 5.32 Å². The number of halogens is 1. The van der Waals surface area contributed by atoms with E-state index in [0.29, 0.717) is 23.0 Å². The Morgan fingerprint density at radius 3 is 3.00 bits per heavy atom. The predicted octanol–water partition coefficient (Wildman–Crippen LogP) is 1.96. The number of fused-ring (bicyclic) bond motifs is 1. The number of nitrogens with zero attached hydrogens (tertiary/aromatic N) is 2. The molecule has 3 rings (SSSR count). The summed E-state index contributed by atoms with van der Waals surface area (Å²) in [5, 5.41) is 10.0. The molecule has 1 aromatic carbocycles. The molecule has 2 amide bonds. The number of hydrogen-bond donors (Lipinski definition) is 2. The molecule has 1 unspecified atom stereocenters. The van der Waals surface area contributed by atoms with E-state index >= 15 is 0 Å². The Labute approximate surface area is 143 Å². The third kappa shape index (κ3) is 2.82. The van der Waals surface area contributed by atoms with Gasteiger partial charge in [-0.25, -0.2) is 0 Å². The van der Waals surface area contributed by atoms with Crippen LogP contribution in [0, 0.1) is 0 Å². The summed E-state index contributed by atoms with van der Waals surface area (Å²) in [6.45, 7) is 4.35. The van der Waals surface area contributed by atoms with Gasteiger partial charge in [-0.2, -0.15) is 5.10 Å².